The molecule has 0 fully saturated rings. The fourth-order valence-corrected chi connectivity index (χ4v) is 3.09. The monoisotopic (exact) mass is 304 g/mol. The summed E-state index contributed by atoms with van der Waals surface area (Å²) in [5, 5.41) is 1.03. The summed E-state index contributed by atoms with van der Waals surface area (Å²) in [6.45, 7) is 8.85. The van der Waals surface area contributed by atoms with Crippen LogP contribution in [0.4, 0.5) is 0 Å². The zero-order valence-electron chi connectivity index (χ0n) is 13.3. The van der Waals surface area contributed by atoms with E-state index >= 15 is 0 Å². The van der Waals surface area contributed by atoms with E-state index in [0.29, 0.717) is 6.61 Å². The number of nitrogens with two attached hydrogens (primary N) is 1. The number of nitrogens with zero attached hydrogens (tertiary/aromatic N) is 1. The van der Waals surface area contributed by atoms with Crippen LogP contribution in [-0.4, -0.2) is 11.0 Å². The normalized spacial score (nSPS) is 12.4. The van der Waals surface area contributed by atoms with Gasteiger partial charge in [0.1, 0.15) is 17.4 Å². The van der Waals surface area contributed by atoms with Crippen molar-refractivity contribution in [3.05, 3.63) is 44.9 Å². The van der Waals surface area contributed by atoms with Crippen molar-refractivity contribution in [2.24, 2.45) is 5.73 Å². The maximum atomic E-state index is 6.09. The lowest BCUT2D eigenvalue weighted by molar-refractivity contribution is 0.299. The van der Waals surface area contributed by atoms with Gasteiger partial charge in [0.25, 0.3) is 0 Å². The van der Waals surface area contributed by atoms with E-state index in [1.807, 2.05) is 6.92 Å². The average molecular weight is 304 g/mol. The number of hydrogen-bond donors (Lipinski definition) is 1. The molecule has 1 aromatic carbocycles. The van der Waals surface area contributed by atoms with Crippen molar-refractivity contribution >= 4 is 11.3 Å². The fourth-order valence-electron chi connectivity index (χ4n) is 2.24. The Kier molecular flexibility index (Phi) is 5.37. The van der Waals surface area contributed by atoms with E-state index in [2.05, 4.69) is 44.0 Å². The number of thiazole rings is 1. The molecule has 1 aromatic heterocycles. The lowest BCUT2D eigenvalue weighted by Crippen LogP contribution is -2.21. The standard InChI is InChI=1S/C17H24N2OS/c1-5-15(18)9-14-8-6-7-11(2)17(14)20-10-16-19-12(3)13(4)21-16/h6-8,15H,5,9-10,18H2,1-4H3. The molecule has 0 aliphatic rings. The molecule has 1 atom stereocenters. The topological polar surface area (TPSA) is 48.1 Å². The molecule has 0 saturated carbocycles. The third-order valence-corrected chi connectivity index (χ3v) is 4.76. The molecule has 0 aliphatic heterocycles. The molecule has 4 heteroatoms. The first kappa shape index (κ1) is 16.0. The summed E-state index contributed by atoms with van der Waals surface area (Å²) in [6, 6.07) is 6.43. The van der Waals surface area contributed by atoms with Gasteiger partial charge in [-0.15, -0.1) is 11.3 Å². The van der Waals surface area contributed by atoms with E-state index in [1.165, 1.54) is 10.4 Å². The first-order chi connectivity index (χ1) is 10.0. The molecular formula is C17H24N2OS. The quantitative estimate of drug-likeness (QED) is 0.879. The molecule has 0 bridgehead atoms. The summed E-state index contributed by atoms with van der Waals surface area (Å²) >= 11 is 1.70. The average Bonchev–Trinajstić information content (AvgIpc) is 2.77. The van der Waals surface area contributed by atoms with Gasteiger partial charge in [0.15, 0.2) is 0 Å². The molecule has 0 saturated heterocycles. The first-order valence-electron chi connectivity index (χ1n) is 7.41. The molecule has 1 heterocycles. The van der Waals surface area contributed by atoms with Crippen LogP contribution in [0.1, 0.15) is 40.1 Å². The predicted octanol–water partition coefficient (Wildman–Crippen LogP) is 3.93. The Balaban J connectivity index is 2.14. The SMILES string of the molecule is CCC(N)Cc1cccc(C)c1OCc1nc(C)c(C)s1. The zero-order valence-corrected chi connectivity index (χ0v) is 14.1. The molecule has 0 spiro atoms. The molecule has 0 radical (unpaired) electrons. The minimum absolute atomic E-state index is 0.179. The van der Waals surface area contributed by atoms with Crippen molar-refractivity contribution in [3.8, 4) is 5.75 Å². The molecule has 114 valence electrons. The fraction of sp³-hybridized carbons (Fsp3) is 0.471. The lowest BCUT2D eigenvalue weighted by atomic mass is 10.0. The van der Waals surface area contributed by atoms with Gasteiger partial charge in [-0.2, -0.15) is 0 Å². The third kappa shape index (κ3) is 4.05. The molecule has 2 aromatic rings. The van der Waals surface area contributed by atoms with Gasteiger partial charge < -0.3 is 10.5 Å². The molecule has 0 aliphatic carbocycles. The van der Waals surface area contributed by atoms with Crippen LogP contribution in [-0.2, 0) is 13.0 Å². The Morgan fingerprint density at radius 1 is 1.29 bits per heavy atom. The van der Waals surface area contributed by atoms with Crippen molar-refractivity contribution in [2.45, 2.75) is 53.2 Å². The first-order valence-corrected chi connectivity index (χ1v) is 8.22. The van der Waals surface area contributed by atoms with Gasteiger partial charge in [0.05, 0.1) is 5.69 Å². The van der Waals surface area contributed by atoms with Gasteiger partial charge in [-0.3, -0.25) is 0 Å². The van der Waals surface area contributed by atoms with Crippen LogP contribution in [0.15, 0.2) is 18.2 Å². The molecule has 21 heavy (non-hydrogen) atoms. The number of ether oxygens (including phenoxy) is 1. The van der Waals surface area contributed by atoms with E-state index in [-0.39, 0.29) is 6.04 Å². The van der Waals surface area contributed by atoms with Crippen molar-refractivity contribution in [2.75, 3.05) is 0 Å². The Bertz CT molecular complexity index is 587. The minimum atomic E-state index is 0.179. The number of hydrogen-bond acceptors (Lipinski definition) is 4. The van der Waals surface area contributed by atoms with Gasteiger partial charge in [0, 0.05) is 10.9 Å². The highest BCUT2D eigenvalue weighted by atomic mass is 32.1. The van der Waals surface area contributed by atoms with Crippen LogP contribution in [0.3, 0.4) is 0 Å². The van der Waals surface area contributed by atoms with Gasteiger partial charge in [0.2, 0.25) is 0 Å². The second-order valence-corrected chi connectivity index (χ2v) is 6.76. The van der Waals surface area contributed by atoms with Crippen molar-refractivity contribution < 1.29 is 4.74 Å². The van der Waals surface area contributed by atoms with Crippen LogP contribution in [0, 0.1) is 20.8 Å². The largest absolute Gasteiger partial charge is 0.486 e. The van der Waals surface area contributed by atoms with Gasteiger partial charge in [-0.25, -0.2) is 4.98 Å². The highest BCUT2D eigenvalue weighted by Crippen LogP contribution is 2.27. The van der Waals surface area contributed by atoms with Crippen LogP contribution in [0.25, 0.3) is 0 Å². The van der Waals surface area contributed by atoms with E-state index in [0.717, 1.165) is 34.9 Å². The van der Waals surface area contributed by atoms with Crippen molar-refractivity contribution in [1.29, 1.82) is 0 Å². The molecule has 2 rings (SSSR count). The highest BCUT2D eigenvalue weighted by molar-refractivity contribution is 7.11. The smallest absolute Gasteiger partial charge is 0.140 e. The Labute approximate surface area is 131 Å². The van der Waals surface area contributed by atoms with E-state index in [1.54, 1.807) is 11.3 Å². The number of aromatic nitrogens is 1. The van der Waals surface area contributed by atoms with Gasteiger partial charge >= 0.3 is 0 Å². The summed E-state index contributed by atoms with van der Waals surface area (Å²) in [6.07, 6.45) is 1.82. The van der Waals surface area contributed by atoms with Crippen LogP contribution in [0.2, 0.25) is 0 Å². The van der Waals surface area contributed by atoms with Crippen molar-refractivity contribution in [3.63, 3.8) is 0 Å². The van der Waals surface area contributed by atoms with Crippen molar-refractivity contribution in [1.82, 2.24) is 4.98 Å². The second-order valence-electron chi connectivity index (χ2n) is 5.47. The van der Waals surface area contributed by atoms with E-state index in [9.17, 15) is 0 Å². The summed E-state index contributed by atoms with van der Waals surface area (Å²) < 4.78 is 6.06. The Morgan fingerprint density at radius 3 is 2.67 bits per heavy atom. The summed E-state index contributed by atoms with van der Waals surface area (Å²) in [5.74, 6) is 0.965. The number of rotatable bonds is 6. The Morgan fingerprint density at radius 2 is 2.05 bits per heavy atom. The predicted molar refractivity (Wildman–Crippen MR) is 89.1 cm³/mol. The van der Waals surface area contributed by atoms with Crippen LogP contribution in [0.5, 0.6) is 5.75 Å². The molecular weight excluding hydrogens is 280 g/mol. The lowest BCUT2D eigenvalue weighted by Gasteiger charge is -2.16. The van der Waals surface area contributed by atoms with Gasteiger partial charge in [-0.1, -0.05) is 25.1 Å². The summed E-state index contributed by atoms with van der Waals surface area (Å²) in [4.78, 5) is 5.79. The number of aryl methyl sites for hydroxylation is 3. The van der Waals surface area contributed by atoms with E-state index < -0.39 is 0 Å². The van der Waals surface area contributed by atoms with Crippen LogP contribution < -0.4 is 10.5 Å². The third-order valence-electron chi connectivity index (χ3n) is 3.71. The molecule has 3 nitrogen and oxygen atoms in total. The van der Waals surface area contributed by atoms with Gasteiger partial charge in [-0.05, 0) is 44.7 Å². The molecule has 2 N–H and O–H groups in total. The zero-order chi connectivity index (χ0) is 15.4. The maximum Gasteiger partial charge on any atom is 0.140 e. The minimum Gasteiger partial charge on any atom is -0.486 e. The summed E-state index contributed by atoms with van der Waals surface area (Å²) in [5.41, 5.74) is 9.53. The van der Waals surface area contributed by atoms with Crippen LogP contribution >= 0.6 is 11.3 Å². The summed E-state index contributed by atoms with van der Waals surface area (Å²) in [7, 11) is 0. The molecule has 1 unspecified atom stereocenters. The number of para-hydroxylation sites is 1. The molecule has 0 amide bonds. The van der Waals surface area contributed by atoms with E-state index in [4.69, 9.17) is 10.5 Å². The maximum absolute atomic E-state index is 6.09. The second kappa shape index (κ2) is 7.05. The number of benzene rings is 1. The highest BCUT2D eigenvalue weighted by Gasteiger charge is 2.12. The Hall–Kier alpha value is -1.39.